The number of ether oxygens (including phenoxy) is 1. The molecule has 1 aliphatic carbocycles. The van der Waals surface area contributed by atoms with Crippen LogP contribution in [0.15, 0.2) is 24.3 Å². The Bertz CT molecular complexity index is 723. The lowest BCUT2D eigenvalue weighted by atomic mass is 10.0. The fraction of sp³-hybridized carbons (Fsp3) is 0.609. The van der Waals surface area contributed by atoms with Crippen LogP contribution in [0.3, 0.4) is 0 Å². The zero-order chi connectivity index (χ0) is 20.8. The molecule has 0 radical (unpaired) electrons. The number of carbonyl (C=O) groups is 3. The highest BCUT2D eigenvalue weighted by atomic mass is 16.5. The average Bonchev–Trinajstić information content (AvgIpc) is 2.88. The van der Waals surface area contributed by atoms with Crippen LogP contribution in [0.4, 0.5) is 5.69 Å². The van der Waals surface area contributed by atoms with Crippen LogP contribution in [0.5, 0.6) is 5.75 Å². The summed E-state index contributed by atoms with van der Waals surface area (Å²) in [4.78, 5) is 42.1. The van der Waals surface area contributed by atoms with Gasteiger partial charge in [-0.2, -0.15) is 0 Å². The molecule has 158 valence electrons. The third-order valence-corrected chi connectivity index (χ3v) is 5.83. The molecular weight excluding hydrogens is 368 g/mol. The second-order valence-corrected chi connectivity index (χ2v) is 7.91. The Morgan fingerprint density at radius 2 is 1.72 bits per heavy atom. The number of benzene rings is 1. The van der Waals surface area contributed by atoms with E-state index in [-0.39, 0.29) is 30.2 Å². The molecule has 6 heteroatoms. The number of anilines is 1. The zero-order valence-corrected chi connectivity index (χ0v) is 17.6. The third kappa shape index (κ3) is 4.80. The van der Waals surface area contributed by atoms with Gasteiger partial charge in [-0.25, -0.2) is 4.90 Å². The van der Waals surface area contributed by atoms with Crippen molar-refractivity contribution >= 4 is 23.4 Å². The molecule has 6 nitrogen and oxygen atoms in total. The van der Waals surface area contributed by atoms with Gasteiger partial charge in [-0.1, -0.05) is 32.6 Å². The number of imide groups is 1. The topological polar surface area (TPSA) is 66.9 Å². The van der Waals surface area contributed by atoms with Gasteiger partial charge in [0.05, 0.1) is 18.7 Å². The number of rotatable bonds is 7. The van der Waals surface area contributed by atoms with Crippen LogP contribution in [0.25, 0.3) is 0 Å². The van der Waals surface area contributed by atoms with E-state index in [1.165, 1.54) is 17.7 Å². The highest BCUT2D eigenvalue weighted by Crippen LogP contribution is 2.32. The molecule has 0 N–H and O–H groups in total. The summed E-state index contributed by atoms with van der Waals surface area (Å²) in [7, 11) is 0. The Balaban J connectivity index is 1.84. The fourth-order valence-electron chi connectivity index (χ4n) is 4.47. The van der Waals surface area contributed by atoms with E-state index in [1.54, 1.807) is 29.2 Å². The number of amides is 3. The second-order valence-electron chi connectivity index (χ2n) is 7.91. The van der Waals surface area contributed by atoms with E-state index in [0.717, 1.165) is 32.1 Å². The monoisotopic (exact) mass is 400 g/mol. The summed E-state index contributed by atoms with van der Waals surface area (Å²) in [5.41, 5.74) is 0.537. The van der Waals surface area contributed by atoms with Crippen molar-refractivity contribution in [3.8, 4) is 5.75 Å². The first kappa shape index (κ1) is 21.3. The van der Waals surface area contributed by atoms with Gasteiger partial charge in [0.15, 0.2) is 0 Å². The minimum atomic E-state index is -0.684. The maximum absolute atomic E-state index is 13.3. The standard InChI is InChI=1S/C23H32N2O4/c1-3-9-21(26)24(17-10-7-5-6-8-11-17)20-16-22(27)25(23(20)28)18-12-14-19(15-13-18)29-4-2/h12-15,17,20H,3-11,16H2,1-2H3. The van der Waals surface area contributed by atoms with E-state index in [1.807, 2.05) is 13.8 Å². The first-order valence-corrected chi connectivity index (χ1v) is 11.0. The Morgan fingerprint density at radius 1 is 1.07 bits per heavy atom. The lowest BCUT2D eigenvalue weighted by molar-refractivity contribution is -0.141. The van der Waals surface area contributed by atoms with Crippen molar-refractivity contribution in [3.63, 3.8) is 0 Å². The van der Waals surface area contributed by atoms with Crippen LogP contribution in [0, 0.1) is 0 Å². The summed E-state index contributed by atoms with van der Waals surface area (Å²) in [5.74, 6) is 0.170. The molecule has 0 spiro atoms. The summed E-state index contributed by atoms with van der Waals surface area (Å²) in [6.07, 6.45) is 7.52. The fourth-order valence-corrected chi connectivity index (χ4v) is 4.47. The number of nitrogens with zero attached hydrogens (tertiary/aromatic N) is 2. The van der Waals surface area contributed by atoms with Crippen molar-refractivity contribution < 1.29 is 19.1 Å². The van der Waals surface area contributed by atoms with Gasteiger partial charge in [-0.3, -0.25) is 14.4 Å². The summed E-state index contributed by atoms with van der Waals surface area (Å²) < 4.78 is 5.44. The van der Waals surface area contributed by atoms with Crippen LogP contribution >= 0.6 is 0 Å². The highest BCUT2D eigenvalue weighted by molar-refractivity contribution is 6.23. The average molecular weight is 401 g/mol. The molecule has 29 heavy (non-hydrogen) atoms. The van der Waals surface area contributed by atoms with Crippen LogP contribution in [0.1, 0.15) is 71.6 Å². The molecule has 2 aliphatic rings. The summed E-state index contributed by atoms with van der Waals surface area (Å²) in [5, 5.41) is 0. The molecule has 1 unspecified atom stereocenters. The van der Waals surface area contributed by atoms with Crippen LogP contribution in [-0.4, -0.2) is 41.3 Å². The molecule has 1 saturated carbocycles. The van der Waals surface area contributed by atoms with Crippen molar-refractivity contribution in [3.05, 3.63) is 24.3 Å². The van der Waals surface area contributed by atoms with E-state index in [0.29, 0.717) is 24.5 Å². The lowest BCUT2D eigenvalue weighted by Crippen LogP contribution is -2.50. The normalized spacial score (nSPS) is 20.6. The molecule has 1 saturated heterocycles. The first-order chi connectivity index (χ1) is 14.1. The summed E-state index contributed by atoms with van der Waals surface area (Å²) >= 11 is 0. The smallest absolute Gasteiger partial charge is 0.257 e. The van der Waals surface area contributed by atoms with Gasteiger partial charge in [0.1, 0.15) is 11.8 Å². The predicted octanol–water partition coefficient (Wildman–Crippen LogP) is 4.07. The van der Waals surface area contributed by atoms with Gasteiger partial charge < -0.3 is 9.64 Å². The van der Waals surface area contributed by atoms with E-state index >= 15 is 0 Å². The second kappa shape index (κ2) is 9.90. The van der Waals surface area contributed by atoms with E-state index in [2.05, 4.69) is 0 Å². The van der Waals surface area contributed by atoms with Gasteiger partial charge >= 0.3 is 0 Å². The van der Waals surface area contributed by atoms with Crippen LogP contribution < -0.4 is 9.64 Å². The van der Waals surface area contributed by atoms with Gasteiger partial charge in [0.25, 0.3) is 5.91 Å². The van der Waals surface area contributed by atoms with Gasteiger partial charge in [-0.05, 0) is 50.5 Å². The van der Waals surface area contributed by atoms with Crippen molar-refractivity contribution in [2.75, 3.05) is 11.5 Å². The molecule has 1 aromatic carbocycles. The van der Waals surface area contributed by atoms with E-state index < -0.39 is 6.04 Å². The molecule has 1 heterocycles. The first-order valence-electron chi connectivity index (χ1n) is 11.0. The SMILES string of the molecule is CCCC(=O)N(C1CCCCCC1)C1CC(=O)N(c2ccc(OCC)cc2)C1=O. The molecule has 1 aromatic rings. The molecule has 3 rings (SSSR count). The van der Waals surface area contributed by atoms with Crippen molar-refractivity contribution in [2.45, 2.75) is 83.7 Å². The van der Waals surface area contributed by atoms with Gasteiger partial charge in [0, 0.05) is 12.5 Å². The summed E-state index contributed by atoms with van der Waals surface area (Å²) in [6.45, 7) is 4.43. The van der Waals surface area contributed by atoms with Crippen LogP contribution in [-0.2, 0) is 14.4 Å². The maximum atomic E-state index is 13.3. The van der Waals surface area contributed by atoms with Crippen molar-refractivity contribution in [1.82, 2.24) is 4.90 Å². The zero-order valence-electron chi connectivity index (χ0n) is 17.6. The number of hydrogen-bond acceptors (Lipinski definition) is 4. The molecule has 0 bridgehead atoms. The Morgan fingerprint density at radius 3 is 2.31 bits per heavy atom. The Hall–Kier alpha value is -2.37. The Labute approximate surface area is 173 Å². The van der Waals surface area contributed by atoms with E-state index in [4.69, 9.17) is 4.74 Å². The van der Waals surface area contributed by atoms with Gasteiger partial charge in [-0.15, -0.1) is 0 Å². The molecule has 0 aromatic heterocycles. The lowest BCUT2D eigenvalue weighted by Gasteiger charge is -2.35. The molecule has 1 aliphatic heterocycles. The molecular formula is C23H32N2O4. The maximum Gasteiger partial charge on any atom is 0.257 e. The third-order valence-electron chi connectivity index (χ3n) is 5.83. The number of hydrogen-bond donors (Lipinski definition) is 0. The van der Waals surface area contributed by atoms with Crippen LogP contribution in [0.2, 0.25) is 0 Å². The summed E-state index contributed by atoms with van der Waals surface area (Å²) in [6, 6.07) is 6.35. The van der Waals surface area contributed by atoms with Crippen molar-refractivity contribution in [2.24, 2.45) is 0 Å². The van der Waals surface area contributed by atoms with Crippen molar-refractivity contribution in [1.29, 1.82) is 0 Å². The predicted molar refractivity (Wildman–Crippen MR) is 112 cm³/mol. The largest absolute Gasteiger partial charge is 0.494 e. The molecule has 2 fully saturated rings. The minimum absolute atomic E-state index is 0.000839. The minimum Gasteiger partial charge on any atom is -0.494 e. The van der Waals surface area contributed by atoms with Gasteiger partial charge in [0.2, 0.25) is 11.8 Å². The highest BCUT2D eigenvalue weighted by Gasteiger charge is 2.46. The Kier molecular flexibility index (Phi) is 7.29. The quantitative estimate of drug-likeness (QED) is 0.511. The molecule has 1 atom stereocenters. The number of carbonyl (C=O) groups excluding carboxylic acids is 3. The molecule has 3 amide bonds. The van der Waals surface area contributed by atoms with E-state index in [9.17, 15) is 14.4 Å².